The molecule has 0 saturated carbocycles. The fourth-order valence-corrected chi connectivity index (χ4v) is 6.33. The third kappa shape index (κ3) is 4.78. The lowest BCUT2D eigenvalue weighted by Gasteiger charge is -2.38. The van der Waals surface area contributed by atoms with E-state index in [4.69, 9.17) is 9.47 Å². The highest BCUT2D eigenvalue weighted by Gasteiger charge is 2.69. The Balaban J connectivity index is 1.99. The molecule has 0 bridgehead atoms. The summed E-state index contributed by atoms with van der Waals surface area (Å²) in [6.45, 7) is 5.42. The lowest BCUT2D eigenvalue weighted by molar-refractivity contribution is -0.154. The van der Waals surface area contributed by atoms with Crippen molar-refractivity contribution in [1.82, 2.24) is 19.7 Å². The number of ether oxygens (including phenoxy) is 2. The van der Waals surface area contributed by atoms with Gasteiger partial charge in [0.15, 0.2) is 5.54 Å². The summed E-state index contributed by atoms with van der Waals surface area (Å²) in [6, 6.07) is 5.35. The number of likely N-dealkylation sites (tertiary alicyclic amines) is 1. The van der Waals surface area contributed by atoms with Crippen LogP contribution < -0.4 is 4.74 Å². The third-order valence-corrected chi connectivity index (χ3v) is 8.05. The van der Waals surface area contributed by atoms with Crippen LogP contribution in [-0.2, 0) is 26.3 Å². The number of rotatable bonds is 9. The molecule has 3 heterocycles. The molecule has 0 radical (unpaired) electrons. The van der Waals surface area contributed by atoms with Gasteiger partial charge in [0.1, 0.15) is 22.2 Å². The first kappa shape index (κ1) is 28.2. The van der Waals surface area contributed by atoms with Gasteiger partial charge in [-0.1, -0.05) is 26.8 Å². The Bertz CT molecular complexity index is 1350. The normalized spacial score (nSPS) is 23.1. The number of aromatic nitrogens is 3. The van der Waals surface area contributed by atoms with Crippen molar-refractivity contribution in [2.24, 2.45) is 5.41 Å². The molecule has 1 aromatic carbocycles. The SMILES string of the molecule is COC[C@]1(C(=O)O)C[C@@](Cn2cccn2)(C(=O)O)N(C(=O)c2ccc(C(C)(C)C)c(OC)c2)[C@H]1c1nccs1. The predicted octanol–water partition coefficient (Wildman–Crippen LogP) is 3.47. The van der Waals surface area contributed by atoms with Gasteiger partial charge in [-0.2, -0.15) is 5.10 Å². The zero-order chi connectivity index (χ0) is 28.6. The van der Waals surface area contributed by atoms with Gasteiger partial charge in [0.05, 0.1) is 20.3 Å². The topological polar surface area (TPSA) is 144 Å². The molecule has 2 N–H and O–H groups in total. The Morgan fingerprint density at radius 2 is 1.90 bits per heavy atom. The number of methoxy groups -OCH3 is 2. The molecule has 4 rings (SSSR count). The number of carboxylic acid groups (broad SMARTS) is 2. The Labute approximate surface area is 230 Å². The summed E-state index contributed by atoms with van der Waals surface area (Å²) in [6.07, 6.45) is 4.14. The number of hydrogen-bond donors (Lipinski definition) is 2. The first-order valence-electron chi connectivity index (χ1n) is 12.3. The number of amides is 1. The van der Waals surface area contributed by atoms with Crippen LogP contribution in [0.3, 0.4) is 0 Å². The summed E-state index contributed by atoms with van der Waals surface area (Å²) in [7, 11) is 2.85. The van der Waals surface area contributed by atoms with E-state index in [1.54, 1.807) is 35.8 Å². The highest BCUT2D eigenvalue weighted by Crippen LogP contribution is 2.57. The first-order valence-corrected chi connectivity index (χ1v) is 13.1. The number of carbonyl (C=O) groups excluding carboxylic acids is 1. The van der Waals surface area contributed by atoms with E-state index in [0.717, 1.165) is 21.8 Å². The highest BCUT2D eigenvalue weighted by atomic mass is 32.1. The van der Waals surface area contributed by atoms with Gasteiger partial charge in [0.25, 0.3) is 5.91 Å². The van der Waals surface area contributed by atoms with Crippen molar-refractivity contribution in [2.45, 2.75) is 50.7 Å². The van der Waals surface area contributed by atoms with Crippen LogP contribution in [0.2, 0.25) is 0 Å². The summed E-state index contributed by atoms with van der Waals surface area (Å²) in [5.41, 5.74) is -3.06. The molecule has 3 aromatic rings. The standard InChI is InChI=1S/C27H32N4O7S/c1-25(2,3)18-8-7-17(13-19(18)38-5)22(32)31-20(21-28-10-12-39-21)26(16-37-4,23(33)34)14-27(31,24(35)36)15-30-11-6-9-29-30/h6-13,20H,14-16H2,1-5H3,(H,33,34)(H,35,36)/t20-,26+,27+/m0/s1. The summed E-state index contributed by atoms with van der Waals surface area (Å²) in [4.78, 5) is 46.2. The van der Waals surface area contributed by atoms with Gasteiger partial charge in [0.2, 0.25) is 0 Å². The summed E-state index contributed by atoms with van der Waals surface area (Å²) < 4.78 is 12.4. The Morgan fingerprint density at radius 3 is 2.41 bits per heavy atom. The number of carboxylic acids is 2. The molecule has 2 aromatic heterocycles. The average molecular weight is 557 g/mol. The van der Waals surface area contributed by atoms with Crippen LogP contribution in [0.15, 0.2) is 48.2 Å². The van der Waals surface area contributed by atoms with E-state index in [0.29, 0.717) is 10.8 Å². The van der Waals surface area contributed by atoms with Gasteiger partial charge in [-0.3, -0.25) is 14.3 Å². The van der Waals surface area contributed by atoms with E-state index < -0.39 is 41.3 Å². The molecule has 0 aliphatic carbocycles. The van der Waals surface area contributed by atoms with E-state index in [1.807, 2.05) is 20.8 Å². The first-order chi connectivity index (χ1) is 18.4. The van der Waals surface area contributed by atoms with Gasteiger partial charge >= 0.3 is 11.9 Å². The number of nitrogens with zero attached hydrogens (tertiary/aromatic N) is 4. The maximum Gasteiger partial charge on any atom is 0.331 e. The van der Waals surface area contributed by atoms with Crippen LogP contribution in [0, 0.1) is 5.41 Å². The van der Waals surface area contributed by atoms with Crippen molar-refractivity contribution in [1.29, 1.82) is 0 Å². The van der Waals surface area contributed by atoms with Crippen LogP contribution in [0.4, 0.5) is 0 Å². The molecule has 11 nitrogen and oxygen atoms in total. The molecule has 0 unspecified atom stereocenters. The van der Waals surface area contributed by atoms with Crippen LogP contribution in [0.5, 0.6) is 5.75 Å². The molecular formula is C27H32N4O7S. The third-order valence-electron chi connectivity index (χ3n) is 7.22. The predicted molar refractivity (Wildman–Crippen MR) is 142 cm³/mol. The number of carbonyl (C=O) groups is 3. The van der Waals surface area contributed by atoms with Crippen LogP contribution in [-0.4, -0.2) is 74.1 Å². The molecule has 1 amide bonds. The van der Waals surface area contributed by atoms with Gasteiger partial charge in [-0.05, 0) is 29.2 Å². The number of thiazole rings is 1. The molecule has 1 fully saturated rings. The molecule has 12 heteroatoms. The van der Waals surface area contributed by atoms with Gasteiger partial charge in [0, 0.05) is 43.1 Å². The summed E-state index contributed by atoms with van der Waals surface area (Å²) in [5.74, 6) is -2.84. The minimum atomic E-state index is -1.99. The highest BCUT2D eigenvalue weighted by molar-refractivity contribution is 7.09. The minimum absolute atomic E-state index is 0.158. The smallest absolute Gasteiger partial charge is 0.331 e. The van der Waals surface area contributed by atoms with Gasteiger partial charge in [-0.25, -0.2) is 9.78 Å². The van der Waals surface area contributed by atoms with E-state index in [2.05, 4.69) is 10.1 Å². The van der Waals surface area contributed by atoms with Gasteiger partial charge < -0.3 is 24.6 Å². The van der Waals surface area contributed by atoms with E-state index >= 15 is 0 Å². The maximum atomic E-state index is 14.5. The Hall–Kier alpha value is -3.77. The van der Waals surface area contributed by atoms with Gasteiger partial charge in [-0.15, -0.1) is 11.3 Å². The number of benzene rings is 1. The zero-order valence-electron chi connectivity index (χ0n) is 22.5. The summed E-state index contributed by atoms with van der Waals surface area (Å²) >= 11 is 1.15. The van der Waals surface area contributed by atoms with Crippen molar-refractivity contribution in [3.8, 4) is 5.75 Å². The lowest BCUT2D eigenvalue weighted by atomic mass is 9.77. The lowest BCUT2D eigenvalue weighted by Crippen LogP contribution is -2.56. The molecular weight excluding hydrogens is 524 g/mol. The van der Waals surface area contributed by atoms with Crippen LogP contribution in [0.1, 0.15) is 54.2 Å². The van der Waals surface area contributed by atoms with Crippen molar-refractivity contribution in [3.05, 3.63) is 64.4 Å². The van der Waals surface area contributed by atoms with Crippen LogP contribution in [0.25, 0.3) is 0 Å². The second-order valence-electron chi connectivity index (χ2n) is 10.7. The molecule has 1 saturated heterocycles. The molecule has 39 heavy (non-hydrogen) atoms. The molecule has 208 valence electrons. The van der Waals surface area contributed by atoms with E-state index in [1.165, 1.54) is 31.3 Å². The quantitative estimate of drug-likeness (QED) is 0.405. The molecule has 1 aliphatic rings. The minimum Gasteiger partial charge on any atom is -0.496 e. The van der Waals surface area contributed by atoms with Crippen molar-refractivity contribution >= 4 is 29.2 Å². The maximum absolute atomic E-state index is 14.5. The van der Waals surface area contributed by atoms with Crippen molar-refractivity contribution < 1.29 is 34.1 Å². The van der Waals surface area contributed by atoms with E-state index in [-0.39, 0.29) is 24.1 Å². The number of hydrogen-bond acceptors (Lipinski definition) is 8. The van der Waals surface area contributed by atoms with Crippen molar-refractivity contribution in [2.75, 3.05) is 20.8 Å². The van der Waals surface area contributed by atoms with Crippen molar-refractivity contribution in [3.63, 3.8) is 0 Å². The van der Waals surface area contributed by atoms with E-state index in [9.17, 15) is 24.6 Å². The Kier molecular flexibility index (Phi) is 7.55. The summed E-state index contributed by atoms with van der Waals surface area (Å²) in [5, 5.41) is 27.5. The fourth-order valence-electron chi connectivity index (χ4n) is 5.49. The second-order valence-corrected chi connectivity index (χ2v) is 11.7. The molecule has 0 spiro atoms. The monoisotopic (exact) mass is 556 g/mol. The second kappa shape index (κ2) is 10.4. The zero-order valence-corrected chi connectivity index (χ0v) is 23.3. The molecule has 1 aliphatic heterocycles. The molecule has 3 atom stereocenters. The van der Waals surface area contributed by atoms with Crippen LogP contribution >= 0.6 is 11.3 Å². The largest absolute Gasteiger partial charge is 0.496 e. The number of aliphatic carboxylic acids is 2. The fraction of sp³-hybridized carbons (Fsp3) is 0.444. The Morgan fingerprint density at radius 1 is 1.15 bits per heavy atom. The average Bonchev–Trinajstić information content (AvgIpc) is 3.63.